The molecule has 20 heavy (non-hydrogen) atoms. The third kappa shape index (κ3) is 3.06. The summed E-state index contributed by atoms with van der Waals surface area (Å²) >= 11 is 0. The molecule has 1 fully saturated rings. The normalized spacial score (nSPS) is 16.9. The van der Waals surface area contributed by atoms with E-state index in [9.17, 15) is 9.59 Å². The number of piperazine rings is 1. The maximum atomic E-state index is 12.1. The van der Waals surface area contributed by atoms with Gasteiger partial charge in [0, 0.05) is 40.2 Å². The van der Waals surface area contributed by atoms with Gasteiger partial charge in [-0.3, -0.25) is 4.79 Å². The van der Waals surface area contributed by atoms with E-state index in [4.69, 9.17) is 0 Å². The topological polar surface area (TPSA) is 83.4 Å². The van der Waals surface area contributed by atoms with Crippen molar-refractivity contribution < 1.29 is 9.59 Å². The monoisotopic (exact) mass is 280 g/mol. The van der Waals surface area contributed by atoms with Crippen molar-refractivity contribution in [1.82, 2.24) is 29.9 Å². The molecular weight excluding hydrogens is 260 g/mol. The average molecular weight is 280 g/mol. The van der Waals surface area contributed by atoms with Crippen LogP contribution in [0.3, 0.4) is 0 Å². The van der Waals surface area contributed by atoms with Crippen LogP contribution in [0.2, 0.25) is 0 Å². The van der Waals surface area contributed by atoms with Crippen LogP contribution in [0, 0.1) is 0 Å². The second-order valence-electron chi connectivity index (χ2n) is 4.96. The fourth-order valence-corrected chi connectivity index (χ4v) is 2.25. The predicted molar refractivity (Wildman–Crippen MR) is 71.8 cm³/mol. The third-order valence-corrected chi connectivity index (χ3v) is 3.49. The van der Waals surface area contributed by atoms with Gasteiger partial charge in [-0.2, -0.15) is 0 Å². The van der Waals surface area contributed by atoms with E-state index < -0.39 is 0 Å². The molecule has 0 bridgehead atoms. The van der Waals surface area contributed by atoms with Gasteiger partial charge >= 0.3 is 6.03 Å². The number of carbonyl (C=O) groups is 2. The first-order chi connectivity index (χ1) is 9.49. The van der Waals surface area contributed by atoms with E-state index >= 15 is 0 Å². The second-order valence-corrected chi connectivity index (χ2v) is 4.96. The van der Waals surface area contributed by atoms with Crippen molar-refractivity contribution in [2.45, 2.75) is 19.9 Å². The summed E-state index contributed by atoms with van der Waals surface area (Å²) in [6.07, 6.45) is 1.60. The highest BCUT2D eigenvalue weighted by atomic mass is 16.2. The van der Waals surface area contributed by atoms with E-state index in [0.717, 1.165) is 0 Å². The molecule has 2 rings (SSSR count). The number of aromatic nitrogens is 3. The van der Waals surface area contributed by atoms with Crippen molar-refractivity contribution in [3.05, 3.63) is 12.2 Å². The summed E-state index contributed by atoms with van der Waals surface area (Å²) in [5.74, 6) is 0.762. The standard InChI is InChI=1S/C12H20N6O2/c1-9(11-15-13-8-16(11)3)14-12(20)18-6-4-17(5-7-18)10(2)19/h8-9H,4-7H2,1-3H3,(H,14,20)/t9-/m0/s1. The Morgan fingerprint density at radius 2 is 1.85 bits per heavy atom. The summed E-state index contributed by atoms with van der Waals surface area (Å²) in [7, 11) is 1.84. The van der Waals surface area contributed by atoms with Gasteiger partial charge in [-0.05, 0) is 6.92 Å². The van der Waals surface area contributed by atoms with E-state index in [2.05, 4.69) is 15.5 Å². The van der Waals surface area contributed by atoms with Gasteiger partial charge < -0.3 is 19.7 Å². The van der Waals surface area contributed by atoms with Crippen LogP contribution in [0.15, 0.2) is 6.33 Å². The Hall–Kier alpha value is -2.12. The summed E-state index contributed by atoms with van der Waals surface area (Å²) < 4.78 is 1.78. The predicted octanol–water partition coefficient (Wildman–Crippen LogP) is -0.250. The molecule has 1 aromatic rings. The van der Waals surface area contributed by atoms with Crippen molar-refractivity contribution in [1.29, 1.82) is 0 Å². The van der Waals surface area contributed by atoms with Gasteiger partial charge in [0.25, 0.3) is 0 Å². The molecule has 8 nitrogen and oxygen atoms in total. The van der Waals surface area contributed by atoms with Crippen LogP contribution in [-0.4, -0.2) is 62.7 Å². The molecule has 0 aliphatic carbocycles. The second kappa shape index (κ2) is 5.89. The Bertz CT molecular complexity index is 492. The molecule has 1 aromatic heterocycles. The van der Waals surface area contributed by atoms with Gasteiger partial charge in [-0.15, -0.1) is 10.2 Å². The zero-order valence-corrected chi connectivity index (χ0v) is 12.0. The van der Waals surface area contributed by atoms with Gasteiger partial charge in [0.1, 0.15) is 6.33 Å². The fourth-order valence-electron chi connectivity index (χ4n) is 2.25. The lowest BCUT2D eigenvalue weighted by Crippen LogP contribution is -2.53. The van der Waals surface area contributed by atoms with Crippen LogP contribution in [0.1, 0.15) is 25.7 Å². The highest BCUT2D eigenvalue weighted by Gasteiger charge is 2.24. The average Bonchev–Trinajstić information content (AvgIpc) is 2.85. The Morgan fingerprint density at radius 1 is 1.25 bits per heavy atom. The van der Waals surface area contributed by atoms with Gasteiger partial charge in [0.05, 0.1) is 6.04 Å². The molecule has 0 unspecified atom stereocenters. The van der Waals surface area contributed by atoms with E-state index in [1.165, 1.54) is 0 Å². The molecule has 1 aliphatic rings. The minimum atomic E-state index is -0.208. The van der Waals surface area contributed by atoms with Crippen molar-refractivity contribution in [2.24, 2.45) is 7.05 Å². The Balaban J connectivity index is 1.87. The van der Waals surface area contributed by atoms with Crippen LogP contribution in [-0.2, 0) is 11.8 Å². The minimum absolute atomic E-state index is 0.0533. The minimum Gasteiger partial charge on any atom is -0.339 e. The number of rotatable bonds is 2. The maximum absolute atomic E-state index is 12.1. The van der Waals surface area contributed by atoms with Crippen molar-refractivity contribution >= 4 is 11.9 Å². The Labute approximate surface area is 117 Å². The lowest BCUT2D eigenvalue weighted by atomic mass is 10.3. The van der Waals surface area contributed by atoms with Crippen LogP contribution in [0.4, 0.5) is 4.79 Å². The Kier molecular flexibility index (Phi) is 4.21. The summed E-state index contributed by atoms with van der Waals surface area (Å²) in [5, 5.41) is 10.7. The highest BCUT2D eigenvalue weighted by molar-refractivity contribution is 5.76. The number of amides is 3. The lowest BCUT2D eigenvalue weighted by Gasteiger charge is -2.34. The molecule has 0 radical (unpaired) electrons. The molecule has 0 aromatic carbocycles. The van der Waals surface area contributed by atoms with Crippen LogP contribution < -0.4 is 5.32 Å². The molecule has 1 atom stereocenters. The Morgan fingerprint density at radius 3 is 2.35 bits per heavy atom. The maximum Gasteiger partial charge on any atom is 0.318 e. The van der Waals surface area contributed by atoms with Gasteiger partial charge in [-0.25, -0.2) is 4.79 Å². The molecule has 2 heterocycles. The molecule has 110 valence electrons. The van der Waals surface area contributed by atoms with E-state index in [0.29, 0.717) is 32.0 Å². The summed E-state index contributed by atoms with van der Waals surface area (Å²) in [4.78, 5) is 26.8. The van der Waals surface area contributed by atoms with E-state index in [-0.39, 0.29) is 18.0 Å². The van der Waals surface area contributed by atoms with Gasteiger partial charge in [0.15, 0.2) is 5.82 Å². The first-order valence-electron chi connectivity index (χ1n) is 6.64. The molecule has 1 aliphatic heterocycles. The zero-order valence-electron chi connectivity index (χ0n) is 12.0. The van der Waals surface area contributed by atoms with Crippen LogP contribution in [0.5, 0.6) is 0 Å². The largest absolute Gasteiger partial charge is 0.339 e. The molecule has 1 N–H and O–H groups in total. The molecule has 0 spiro atoms. The smallest absolute Gasteiger partial charge is 0.318 e. The fraction of sp³-hybridized carbons (Fsp3) is 0.667. The zero-order chi connectivity index (χ0) is 14.7. The SMILES string of the molecule is CC(=O)N1CCN(C(=O)N[C@@H](C)c2nncn2C)CC1. The molecule has 3 amide bonds. The quantitative estimate of drug-likeness (QED) is 0.809. The molecule has 8 heteroatoms. The van der Waals surface area contributed by atoms with Crippen molar-refractivity contribution in [3.63, 3.8) is 0 Å². The van der Waals surface area contributed by atoms with Crippen LogP contribution >= 0.6 is 0 Å². The molecular formula is C12H20N6O2. The first kappa shape index (κ1) is 14.3. The summed E-state index contributed by atoms with van der Waals surface area (Å²) in [6, 6.07) is -0.343. The highest BCUT2D eigenvalue weighted by Crippen LogP contribution is 2.09. The number of hydrogen-bond acceptors (Lipinski definition) is 4. The number of hydrogen-bond donors (Lipinski definition) is 1. The number of urea groups is 1. The summed E-state index contributed by atoms with van der Waals surface area (Å²) in [6.45, 7) is 5.69. The lowest BCUT2D eigenvalue weighted by molar-refractivity contribution is -0.130. The van der Waals surface area contributed by atoms with Crippen molar-refractivity contribution in [2.75, 3.05) is 26.2 Å². The van der Waals surface area contributed by atoms with Crippen molar-refractivity contribution in [3.8, 4) is 0 Å². The third-order valence-electron chi connectivity index (χ3n) is 3.49. The van der Waals surface area contributed by atoms with E-state index in [1.54, 1.807) is 27.6 Å². The molecule has 1 saturated heterocycles. The number of nitrogens with one attached hydrogen (secondary N) is 1. The first-order valence-corrected chi connectivity index (χ1v) is 6.64. The van der Waals surface area contributed by atoms with Gasteiger partial charge in [-0.1, -0.05) is 0 Å². The number of aryl methyl sites for hydroxylation is 1. The number of nitrogens with zero attached hydrogens (tertiary/aromatic N) is 5. The van der Waals surface area contributed by atoms with Crippen LogP contribution in [0.25, 0.3) is 0 Å². The summed E-state index contributed by atoms with van der Waals surface area (Å²) in [5.41, 5.74) is 0. The molecule has 0 saturated carbocycles. The van der Waals surface area contributed by atoms with Gasteiger partial charge in [0.2, 0.25) is 5.91 Å². The number of carbonyl (C=O) groups excluding carboxylic acids is 2. The van der Waals surface area contributed by atoms with E-state index in [1.807, 2.05) is 14.0 Å².